The van der Waals surface area contributed by atoms with E-state index in [1.807, 2.05) is 0 Å². The molecule has 0 amide bonds. The van der Waals surface area contributed by atoms with Crippen LogP contribution >= 0.6 is 0 Å². The minimum Gasteiger partial charge on any atom is -0.334 e. The van der Waals surface area contributed by atoms with Crippen molar-refractivity contribution < 1.29 is 0 Å². The summed E-state index contributed by atoms with van der Waals surface area (Å²) in [5.41, 5.74) is 0. The Bertz CT molecular complexity index is 257. The van der Waals surface area contributed by atoms with Gasteiger partial charge in [-0.2, -0.15) is 0 Å². The second kappa shape index (κ2) is 9.60. The Hall–Kier alpha value is 0.354. The van der Waals surface area contributed by atoms with Crippen molar-refractivity contribution in [1.82, 2.24) is 9.96 Å². The quantitative estimate of drug-likeness (QED) is 0.513. The van der Waals surface area contributed by atoms with Crippen LogP contribution in [0.2, 0.25) is 36.3 Å². The van der Waals surface area contributed by atoms with Gasteiger partial charge in [-0.3, -0.25) is 0 Å². The van der Waals surface area contributed by atoms with Crippen molar-refractivity contribution in [3.8, 4) is 0 Å². The van der Waals surface area contributed by atoms with Crippen LogP contribution in [0.5, 0.6) is 0 Å². The molecule has 4 heteroatoms. The third-order valence-corrected chi connectivity index (χ3v) is 16.9. The van der Waals surface area contributed by atoms with Gasteiger partial charge in [-0.1, -0.05) is 48.0 Å². The second-order valence-corrected chi connectivity index (χ2v) is 17.5. The van der Waals surface area contributed by atoms with Gasteiger partial charge in [-0.05, 0) is 55.5 Å². The molecule has 2 N–H and O–H groups in total. The lowest BCUT2D eigenvalue weighted by molar-refractivity contribution is 0.349. The average Bonchev–Trinajstić information content (AvgIpc) is 2.58. The summed E-state index contributed by atoms with van der Waals surface area (Å²) in [5, 5.41) is 0. The van der Waals surface area contributed by atoms with Gasteiger partial charge in [-0.25, -0.2) is 0 Å². The van der Waals surface area contributed by atoms with Crippen LogP contribution in [0.3, 0.4) is 0 Å². The monoisotopic (exact) mass is 342 g/mol. The first-order valence-electron chi connectivity index (χ1n) is 10.1. The van der Waals surface area contributed by atoms with Gasteiger partial charge in [0.1, 0.15) is 16.5 Å². The van der Waals surface area contributed by atoms with E-state index in [0.29, 0.717) is 0 Å². The predicted molar refractivity (Wildman–Crippen MR) is 107 cm³/mol. The van der Waals surface area contributed by atoms with Gasteiger partial charge in [-0.15, -0.1) is 0 Å². The van der Waals surface area contributed by atoms with E-state index in [1.54, 1.807) is 0 Å². The van der Waals surface area contributed by atoms with Crippen molar-refractivity contribution in [3.63, 3.8) is 0 Å². The molecule has 0 heterocycles. The molecule has 0 aromatic rings. The third-order valence-electron chi connectivity index (χ3n) is 6.76. The summed E-state index contributed by atoms with van der Waals surface area (Å²) in [6.45, 7) is 14.5. The number of hydrogen-bond donors (Lipinski definition) is 2. The van der Waals surface area contributed by atoms with Crippen molar-refractivity contribution in [2.45, 2.75) is 116 Å². The number of nitrogens with one attached hydrogen (secondary N) is 2. The lowest BCUT2D eigenvalue weighted by Crippen LogP contribution is -2.59. The van der Waals surface area contributed by atoms with Gasteiger partial charge in [0, 0.05) is 12.1 Å². The van der Waals surface area contributed by atoms with E-state index < -0.39 is 16.5 Å². The fourth-order valence-corrected chi connectivity index (χ4v) is 10.9. The van der Waals surface area contributed by atoms with Gasteiger partial charge in [0.2, 0.25) is 0 Å². The van der Waals surface area contributed by atoms with Gasteiger partial charge in [0.25, 0.3) is 0 Å². The number of rotatable bonds is 10. The van der Waals surface area contributed by atoms with Gasteiger partial charge in [0.15, 0.2) is 0 Å². The molecule has 0 aromatic carbocycles. The van der Waals surface area contributed by atoms with Crippen LogP contribution in [0.15, 0.2) is 0 Å². The molecule has 22 heavy (non-hydrogen) atoms. The molecule has 1 saturated carbocycles. The number of hydrogen-bond acceptors (Lipinski definition) is 2. The standard InChI is InChI=1S/C18H42N2Si2/c1-7-21(8-2,9-3)19-17-14-13-15-18(16-17)20-22(10-4,11-5)12-6/h17-20H,7-16H2,1-6H3. The summed E-state index contributed by atoms with van der Waals surface area (Å²) in [6, 6.07) is 9.94. The van der Waals surface area contributed by atoms with E-state index in [2.05, 4.69) is 51.5 Å². The summed E-state index contributed by atoms with van der Waals surface area (Å²) >= 11 is 0. The molecule has 0 spiro atoms. The highest BCUT2D eigenvalue weighted by Gasteiger charge is 2.35. The summed E-state index contributed by atoms with van der Waals surface area (Å²) in [4.78, 5) is 8.41. The van der Waals surface area contributed by atoms with Gasteiger partial charge in [0.05, 0.1) is 0 Å². The van der Waals surface area contributed by atoms with E-state index >= 15 is 0 Å². The van der Waals surface area contributed by atoms with E-state index in [4.69, 9.17) is 0 Å². The topological polar surface area (TPSA) is 24.1 Å². The molecule has 1 aliphatic rings. The molecule has 0 saturated heterocycles. The molecule has 132 valence electrons. The van der Waals surface area contributed by atoms with Crippen LogP contribution < -0.4 is 9.96 Å². The lowest BCUT2D eigenvalue weighted by Gasteiger charge is -2.41. The van der Waals surface area contributed by atoms with Crippen molar-refractivity contribution >= 4 is 16.5 Å². The largest absolute Gasteiger partial charge is 0.334 e. The van der Waals surface area contributed by atoms with E-state index in [1.165, 1.54) is 61.9 Å². The van der Waals surface area contributed by atoms with Crippen molar-refractivity contribution in [2.24, 2.45) is 0 Å². The molecule has 1 fully saturated rings. The molecule has 2 unspecified atom stereocenters. The fourth-order valence-electron chi connectivity index (χ4n) is 4.43. The Morgan fingerprint density at radius 1 is 0.636 bits per heavy atom. The Balaban J connectivity index is 2.64. The van der Waals surface area contributed by atoms with Crippen molar-refractivity contribution in [2.75, 3.05) is 0 Å². The molecular weight excluding hydrogens is 300 g/mol. The maximum atomic E-state index is 4.20. The van der Waals surface area contributed by atoms with Crippen LogP contribution in [0.1, 0.15) is 67.2 Å². The molecule has 1 rings (SSSR count). The highest BCUT2D eigenvalue weighted by atomic mass is 28.3. The van der Waals surface area contributed by atoms with Crippen molar-refractivity contribution in [3.05, 3.63) is 0 Å². The second-order valence-electron chi connectivity index (χ2n) is 7.53. The highest BCUT2D eigenvalue weighted by Crippen LogP contribution is 2.27. The Morgan fingerprint density at radius 2 is 0.955 bits per heavy atom. The average molecular weight is 343 g/mol. The molecule has 0 aliphatic heterocycles. The first kappa shape index (κ1) is 20.4. The van der Waals surface area contributed by atoms with Crippen LogP contribution in [-0.4, -0.2) is 28.6 Å². The summed E-state index contributed by atoms with van der Waals surface area (Å²) < 4.78 is 0. The molecular formula is C18H42N2Si2. The molecule has 2 atom stereocenters. The Kier molecular flexibility index (Phi) is 8.90. The normalized spacial score (nSPS) is 23.7. The van der Waals surface area contributed by atoms with Gasteiger partial charge < -0.3 is 9.96 Å². The molecule has 0 aromatic heterocycles. The van der Waals surface area contributed by atoms with E-state index in [0.717, 1.165) is 12.1 Å². The Labute approximate surface area is 142 Å². The third kappa shape index (κ3) is 5.18. The van der Waals surface area contributed by atoms with E-state index in [9.17, 15) is 0 Å². The fraction of sp³-hybridized carbons (Fsp3) is 1.00. The van der Waals surface area contributed by atoms with Gasteiger partial charge >= 0.3 is 0 Å². The minimum absolute atomic E-state index is 0.787. The molecule has 0 bridgehead atoms. The maximum Gasteiger partial charge on any atom is 0.125 e. The smallest absolute Gasteiger partial charge is 0.125 e. The molecule has 1 aliphatic carbocycles. The van der Waals surface area contributed by atoms with Crippen LogP contribution in [0, 0.1) is 0 Å². The first-order chi connectivity index (χ1) is 10.5. The first-order valence-corrected chi connectivity index (χ1v) is 15.3. The maximum absolute atomic E-state index is 4.20. The molecule has 2 nitrogen and oxygen atoms in total. The van der Waals surface area contributed by atoms with Crippen molar-refractivity contribution in [1.29, 1.82) is 0 Å². The summed E-state index contributed by atoms with van der Waals surface area (Å²) in [6.07, 6.45) is 5.61. The minimum atomic E-state index is -1.18. The lowest BCUT2D eigenvalue weighted by atomic mass is 9.92. The zero-order valence-electron chi connectivity index (χ0n) is 16.2. The van der Waals surface area contributed by atoms with Crippen LogP contribution in [-0.2, 0) is 0 Å². The van der Waals surface area contributed by atoms with Crippen LogP contribution in [0.25, 0.3) is 0 Å². The molecule has 0 radical (unpaired) electrons. The highest BCUT2D eigenvalue weighted by molar-refractivity contribution is 6.77. The zero-order chi connectivity index (χ0) is 16.6. The summed E-state index contributed by atoms with van der Waals surface area (Å²) in [5.74, 6) is 0. The van der Waals surface area contributed by atoms with Crippen LogP contribution in [0.4, 0.5) is 0 Å². The Morgan fingerprint density at radius 3 is 1.23 bits per heavy atom. The van der Waals surface area contributed by atoms with E-state index in [-0.39, 0.29) is 0 Å². The SMILES string of the molecule is CC[Si](CC)(CC)NC1CCCC(N[Si](CC)(CC)CC)C1. The summed E-state index contributed by atoms with van der Waals surface area (Å²) in [7, 11) is -2.37. The zero-order valence-corrected chi connectivity index (χ0v) is 18.2. The predicted octanol–water partition coefficient (Wildman–Crippen LogP) is 5.49.